The van der Waals surface area contributed by atoms with Crippen LogP contribution in [0.15, 0.2) is 41.7 Å². The molecule has 1 aromatic heterocycles. The van der Waals surface area contributed by atoms with E-state index in [1.807, 2.05) is 0 Å². The predicted molar refractivity (Wildman–Crippen MR) is 75.0 cm³/mol. The molecule has 0 aliphatic heterocycles. The number of nitro benzene ring substituents is 1. The second-order valence-corrected chi connectivity index (χ2v) is 4.80. The van der Waals surface area contributed by atoms with Crippen LogP contribution in [0, 0.1) is 10.1 Å². The molecular weight excluding hydrogens is 298 g/mol. The van der Waals surface area contributed by atoms with Crippen LogP contribution in [-0.4, -0.2) is 16.5 Å². The fraction of sp³-hybridized carbons (Fsp3) is 0.0833. The van der Waals surface area contributed by atoms with E-state index in [1.54, 1.807) is 24.5 Å². The van der Waals surface area contributed by atoms with Gasteiger partial charge in [-0.25, -0.2) is 0 Å². The number of nitrogens with one attached hydrogen (secondary N) is 1. The molecule has 18 heavy (non-hydrogen) atoms. The Bertz CT molecular complexity index is 628. The van der Waals surface area contributed by atoms with Crippen molar-refractivity contribution in [2.24, 2.45) is 0 Å². The minimum atomic E-state index is -0.393. The summed E-state index contributed by atoms with van der Waals surface area (Å²) in [6, 6.07) is 4.81. The van der Waals surface area contributed by atoms with E-state index in [4.69, 9.17) is 0 Å². The van der Waals surface area contributed by atoms with Crippen LogP contribution in [0.4, 0.5) is 11.4 Å². The maximum absolute atomic E-state index is 10.9. The number of hydrogen-bond donors (Lipinski definition) is 1. The van der Waals surface area contributed by atoms with Gasteiger partial charge in [0.25, 0.3) is 5.69 Å². The van der Waals surface area contributed by atoms with Gasteiger partial charge < -0.3 is 5.32 Å². The number of anilines is 1. The Morgan fingerprint density at radius 1 is 1.44 bits per heavy atom. The monoisotopic (exact) mass is 307 g/mol. The first kappa shape index (κ1) is 12.5. The molecule has 0 fully saturated rings. The van der Waals surface area contributed by atoms with Crippen molar-refractivity contribution in [2.75, 3.05) is 11.9 Å². The number of benzene rings is 1. The number of rotatable bonds is 4. The molecule has 0 bridgehead atoms. The summed E-state index contributed by atoms with van der Waals surface area (Å²) >= 11 is 3.25. The molecule has 2 aromatic rings. The third-order valence-electron chi connectivity index (χ3n) is 2.46. The Balaban J connectivity index is 2.53. The van der Waals surface area contributed by atoms with E-state index in [1.165, 1.54) is 6.07 Å². The zero-order chi connectivity index (χ0) is 13.1. The first-order valence-electron chi connectivity index (χ1n) is 5.18. The molecule has 1 heterocycles. The summed E-state index contributed by atoms with van der Waals surface area (Å²) in [5.41, 5.74) is 0.875. The van der Waals surface area contributed by atoms with Crippen molar-refractivity contribution in [1.29, 1.82) is 0 Å². The van der Waals surface area contributed by atoms with Gasteiger partial charge in [0.15, 0.2) is 0 Å². The Morgan fingerprint density at radius 3 is 2.89 bits per heavy atom. The van der Waals surface area contributed by atoms with Crippen LogP contribution in [0.1, 0.15) is 0 Å². The summed E-state index contributed by atoms with van der Waals surface area (Å²) in [6.45, 7) is 4.27. The van der Waals surface area contributed by atoms with Crippen molar-refractivity contribution in [2.45, 2.75) is 0 Å². The smallest absolute Gasteiger partial charge is 0.277 e. The molecule has 0 spiro atoms. The maximum atomic E-state index is 10.9. The van der Waals surface area contributed by atoms with E-state index in [-0.39, 0.29) is 5.69 Å². The second kappa shape index (κ2) is 5.14. The zero-order valence-corrected chi connectivity index (χ0v) is 11.0. The summed E-state index contributed by atoms with van der Waals surface area (Å²) < 4.78 is 0.804. The number of halogens is 1. The van der Waals surface area contributed by atoms with E-state index in [9.17, 15) is 10.1 Å². The number of non-ortho nitro benzene ring substituents is 1. The Labute approximate surface area is 112 Å². The number of nitro groups is 1. The highest BCUT2D eigenvalue weighted by atomic mass is 79.9. The lowest BCUT2D eigenvalue weighted by Crippen LogP contribution is -2.02. The summed E-state index contributed by atoms with van der Waals surface area (Å²) in [5, 5.41) is 15.4. The number of fused-ring (bicyclic) bond motifs is 1. The fourth-order valence-corrected chi connectivity index (χ4v) is 1.82. The van der Waals surface area contributed by atoms with E-state index in [2.05, 4.69) is 32.8 Å². The number of pyridine rings is 1. The van der Waals surface area contributed by atoms with Crippen LogP contribution in [0.5, 0.6) is 0 Å². The predicted octanol–water partition coefficient (Wildman–Crippen LogP) is 3.46. The Morgan fingerprint density at radius 2 is 2.22 bits per heavy atom. The average molecular weight is 308 g/mol. The summed E-state index contributed by atoms with van der Waals surface area (Å²) in [6.07, 6.45) is 3.16. The summed E-state index contributed by atoms with van der Waals surface area (Å²) in [4.78, 5) is 14.5. The molecule has 0 saturated carbocycles. The second-order valence-electron chi connectivity index (χ2n) is 3.68. The van der Waals surface area contributed by atoms with Crippen LogP contribution in [0.25, 0.3) is 10.8 Å². The standard InChI is InChI=1S/C12H10BrN3O2/c1-8(13)6-15-11-2-3-12(16(17)18)9-4-5-14-7-10(9)11/h2-5,7,15H,1,6H2. The number of nitrogens with zero attached hydrogens (tertiary/aromatic N) is 2. The molecule has 0 aliphatic rings. The van der Waals surface area contributed by atoms with Crippen LogP contribution in [0.3, 0.4) is 0 Å². The number of aromatic nitrogens is 1. The molecule has 1 N–H and O–H groups in total. The highest BCUT2D eigenvalue weighted by Gasteiger charge is 2.13. The van der Waals surface area contributed by atoms with Gasteiger partial charge in [-0.1, -0.05) is 22.5 Å². The minimum absolute atomic E-state index is 0.0793. The van der Waals surface area contributed by atoms with Gasteiger partial charge in [-0.15, -0.1) is 0 Å². The van der Waals surface area contributed by atoms with Crippen molar-refractivity contribution in [3.05, 3.63) is 51.8 Å². The zero-order valence-electron chi connectivity index (χ0n) is 9.39. The average Bonchev–Trinajstić information content (AvgIpc) is 2.35. The van der Waals surface area contributed by atoms with Crippen molar-refractivity contribution in [3.63, 3.8) is 0 Å². The molecule has 5 nitrogen and oxygen atoms in total. The van der Waals surface area contributed by atoms with Crippen LogP contribution in [0.2, 0.25) is 0 Å². The van der Waals surface area contributed by atoms with Gasteiger partial charge in [0.2, 0.25) is 0 Å². The molecule has 0 aliphatic carbocycles. The summed E-state index contributed by atoms with van der Waals surface area (Å²) in [5.74, 6) is 0. The largest absolute Gasteiger partial charge is 0.380 e. The van der Waals surface area contributed by atoms with Crippen LogP contribution in [-0.2, 0) is 0 Å². The van der Waals surface area contributed by atoms with Gasteiger partial charge in [0, 0.05) is 40.6 Å². The third kappa shape index (κ3) is 2.48. The Hall–Kier alpha value is -1.95. The van der Waals surface area contributed by atoms with Crippen molar-refractivity contribution in [3.8, 4) is 0 Å². The van der Waals surface area contributed by atoms with Crippen LogP contribution >= 0.6 is 15.9 Å². The first-order valence-corrected chi connectivity index (χ1v) is 5.97. The normalized spacial score (nSPS) is 10.3. The quantitative estimate of drug-likeness (QED) is 0.693. The van der Waals surface area contributed by atoms with Gasteiger partial charge in [0.1, 0.15) is 0 Å². The topological polar surface area (TPSA) is 68.1 Å². The molecule has 0 unspecified atom stereocenters. The van der Waals surface area contributed by atoms with E-state index >= 15 is 0 Å². The molecule has 0 atom stereocenters. The van der Waals surface area contributed by atoms with E-state index in [0.717, 1.165) is 15.6 Å². The molecule has 0 amide bonds. The maximum Gasteiger partial charge on any atom is 0.277 e. The van der Waals surface area contributed by atoms with Gasteiger partial charge in [0.05, 0.1) is 10.3 Å². The van der Waals surface area contributed by atoms with Crippen molar-refractivity contribution in [1.82, 2.24) is 4.98 Å². The lowest BCUT2D eigenvalue weighted by molar-refractivity contribution is -0.383. The highest BCUT2D eigenvalue weighted by molar-refractivity contribution is 9.11. The SMILES string of the molecule is C=C(Br)CNc1ccc([N+](=O)[O-])c2ccncc12. The molecule has 2 rings (SSSR count). The third-order valence-corrected chi connectivity index (χ3v) is 2.74. The first-order chi connectivity index (χ1) is 8.59. The number of hydrogen-bond acceptors (Lipinski definition) is 4. The molecule has 6 heteroatoms. The minimum Gasteiger partial charge on any atom is -0.380 e. The molecule has 92 valence electrons. The Kier molecular flexibility index (Phi) is 3.57. The lowest BCUT2D eigenvalue weighted by Gasteiger charge is -2.08. The summed E-state index contributed by atoms with van der Waals surface area (Å²) in [7, 11) is 0. The van der Waals surface area contributed by atoms with Crippen molar-refractivity contribution < 1.29 is 4.92 Å². The lowest BCUT2D eigenvalue weighted by atomic mass is 10.1. The molecule has 0 saturated heterocycles. The van der Waals surface area contributed by atoms with Crippen LogP contribution < -0.4 is 5.32 Å². The molecule has 0 radical (unpaired) electrons. The molecular formula is C12H10BrN3O2. The van der Waals surface area contributed by atoms with Gasteiger partial charge in [-0.2, -0.15) is 0 Å². The van der Waals surface area contributed by atoms with Gasteiger partial charge >= 0.3 is 0 Å². The highest BCUT2D eigenvalue weighted by Crippen LogP contribution is 2.30. The van der Waals surface area contributed by atoms with Crippen molar-refractivity contribution >= 4 is 38.1 Å². The van der Waals surface area contributed by atoms with Gasteiger partial charge in [-0.05, 0) is 12.1 Å². The fourth-order valence-electron chi connectivity index (χ4n) is 1.68. The molecule has 1 aromatic carbocycles. The van der Waals surface area contributed by atoms with E-state index in [0.29, 0.717) is 11.9 Å². The van der Waals surface area contributed by atoms with Gasteiger partial charge in [-0.3, -0.25) is 15.1 Å². The van der Waals surface area contributed by atoms with E-state index < -0.39 is 4.92 Å².